The highest BCUT2D eigenvalue weighted by molar-refractivity contribution is 5.95. The molecular formula is C18H15FN6O3. The van der Waals surface area contributed by atoms with Gasteiger partial charge in [-0.2, -0.15) is 0 Å². The molecule has 0 unspecified atom stereocenters. The van der Waals surface area contributed by atoms with Crippen molar-refractivity contribution in [3.8, 4) is 0 Å². The van der Waals surface area contributed by atoms with Gasteiger partial charge in [0, 0.05) is 5.69 Å². The van der Waals surface area contributed by atoms with E-state index in [1.807, 2.05) is 19.1 Å². The quantitative estimate of drug-likeness (QED) is 0.441. The molecule has 3 aromatic rings. The molecule has 0 aliphatic carbocycles. The SMILES string of the molecule is Cc1ccccc1Nc1ncnc(NNC(=O)c2ccccc2F)c1[N+](=O)[O-]. The van der Waals surface area contributed by atoms with E-state index in [-0.39, 0.29) is 17.2 Å². The fourth-order valence-corrected chi connectivity index (χ4v) is 2.40. The molecule has 3 N–H and O–H groups in total. The molecule has 2 aromatic carbocycles. The Hall–Kier alpha value is -4.08. The van der Waals surface area contributed by atoms with Crippen LogP contribution >= 0.6 is 0 Å². The normalized spacial score (nSPS) is 10.2. The van der Waals surface area contributed by atoms with E-state index in [2.05, 4.69) is 26.1 Å². The van der Waals surface area contributed by atoms with Crippen LogP contribution in [0.25, 0.3) is 0 Å². The second kappa shape index (κ2) is 8.08. The largest absolute Gasteiger partial charge is 0.355 e. The van der Waals surface area contributed by atoms with Crippen molar-refractivity contribution in [1.82, 2.24) is 15.4 Å². The van der Waals surface area contributed by atoms with Gasteiger partial charge in [0.05, 0.1) is 10.5 Å². The number of amides is 1. The molecule has 9 nitrogen and oxygen atoms in total. The standard InChI is InChI=1S/C18H15FN6O3/c1-11-6-2-5-9-14(11)22-16-15(25(27)28)17(21-10-20-16)23-24-18(26)12-7-3-4-8-13(12)19/h2-10H,1H3,(H,24,26)(H2,20,21,22,23). The summed E-state index contributed by atoms with van der Waals surface area (Å²) in [4.78, 5) is 30.7. The van der Waals surface area contributed by atoms with Crippen molar-refractivity contribution >= 4 is 28.9 Å². The number of aromatic nitrogens is 2. The lowest BCUT2D eigenvalue weighted by molar-refractivity contribution is -0.383. The summed E-state index contributed by atoms with van der Waals surface area (Å²) in [5.74, 6) is -1.84. The summed E-state index contributed by atoms with van der Waals surface area (Å²) in [5.41, 5.74) is 5.36. The molecule has 10 heteroatoms. The molecular weight excluding hydrogens is 367 g/mol. The molecule has 28 heavy (non-hydrogen) atoms. The molecule has 0 fully saturated rings. The highest BCUT2D eigenvalue weighted by atomic mass is 19.1. The molecule has 0 atom stereocenters. The van der Waals surface area contributed by atoms with Gasteiger partial charge in [-0.3, -0.25) is 25.8 Å². The monoisotopic (exact) mass is 382 g/mol. The molecule has 142 valence electrons. The van der Waals surface area contributed by atoms with Crippen LogP contribution in [0, 0.1) is 22.9 Å². The zero-order chi connectivity index (χ0) is 20.1. The van der Waals surface area contributed by atoms with Gasteiger partial charge >= 0.3 is 5.69 Å². The Balaban J connectivity index is 1.85. The zero-order valence-electron chi connectivity index (χ0n) is 14.6. The molecule has 0 radical (unpaired) electrons. The fraction of sp³-hybridized carbons (Fsp3) is 0.0556. The molecule has 3 rings (SSSR count). The lowest BCUT2D eigenvalue weighted by Crippen LogP contribution is -2.31. The predicted molar refractivity (Wildman–Crippen MR) is 101 cm³/mol. The maximum atomic E-state index is 13.7. The number of carbonyl (C=O) groups excluding carboxylic acids is 1. The van der Waals surface area contributed by atoms with E-state index in [0.29, 0.717) is 5.69 Å². The third kappa shape index (κ3) is 4.01. The highest BCUT2D eigenvalue weighted by Gasteiger charge is 2.24. The maximum absolute atomic E-state index is 13.7. The first kappa shape index (κ1) is 18.7. The number of rotatable bonds is 6. The Morgan fingerprint density at radius 1 is 1.07 bits per heavy atom. The van der Waals surface area contributed by atoms with E-state index < -0.39 is 22.3 Å². The second-order valence-corrected chi connectivity index (χ2v) is 5.68. The predicted octanol–water partition coefficient (Wildman–Crippen LogP) is 3.33. The molecule has 0 saturated heterocycles. The lowest BCUT2D eigenvalue weighted by Gasteiger charge is -2.12. The van der Waals surface area contributed by atoms with Gasteiger partial charge in [0.25, 0.3) is 5.91 Å². The van der Waals surface area contributed by atoms with Gasteiger partial charge in [-0.15, -0.1) is 0 Å². The van der Waals surface area contributed by atoms with Gasteiger partial charge in [-0.1, -0.05) is 30.3 Å². The van der Waals surface area contributed by atoms with Crippen LogP contribution in [0.3, 0.4) is 0 Å². The van der Waals surface area contributed by atoms with Gasteiger partial charge in [0.15, 0.2) is 0 Å². The van der Waals surface area contributed by atoms with Crippen LogP contribution in [0.15, 0.2) is 54.9 Å². The van der Waals surface area contributed by atoms with Gasteiger partial charge in [-0.05, 0) is 30.7 Å². The van der Waals surface area contributed by atoms with E-state index in [1.165, 1.54) is 18.2 Å². The molecule has 0 aliphatic heterocycles. The van der Waals surface area contributed by atoms with Crippen LogP contribution in [-0.4, -0.2) is 20.8 Å². The average molecular weight is 382 g/mol. The van der Waals surface area contributed by atoms with E-state index >= 15 is 0 Å². The average Bonchev–Trinajstić information content (AvgIpc) is 2.68. The Morgan fingerprint density at radius 2 is 1.75 bits per heavy atom. The zero-order valence-corrected chi connectivity index (χ0v) is 14.6. The summed E-state index contributed by atoms with van der Waals surface area (Å²) in [5, 5.41) is 14.4. The molecule has 0 bridgehead atoms. The van der Waals surface area contributed by atoms with Crippen LogP contribution in [-0.2, 0) is 0 Å². The topological polar surface area (TPSA) is 122 Å². The summed E-state index contributed by atoms with van der Waals surface area (Å²) in [7, 11) is 0. The minimum absolute atomic E-state index is 0.0584. The van der Waals surface area contributed by atoms with Crippen LogP contribution in [0.5, 0.6) is 0 Å². The maximum Gasteiger partial charge on any atom is 0.355 e. The number of carbonyl (C=O) groups is 1. The Morgan fingerprint density at radius 3 is 2.46 bits per heavy atom. The van der Waals surface area contributed by atoms with Crippen molar-refractivity contribution in [2.75, 3.05) is 10.7 Å². The summed E-state index contributed by atoms with van der Waals surface area (Å²) in [6, 6.07) is 12.5. The summed E-state index contributed by atoms with van der Waals surface area (Å²) >= 11 is 0. The number of nitrogens with zero attached hydrogens (tertiary/aromatic N) is 3. The van der Waals surface area contributed by atoms with Crippen molar-refractivity contribution in [1.29, 1.82) is 0 Å². The minimum Gasteiger partial charge on any atom is -0.334 e. The number of hydrazine groups is 1. The van der Waals surface area contributed by atoms with E-state index in [0.717, 1.165) is 18.0 Å². The smallest absolute Gasteiger partial charge is 0.334 e. The molecule has 0 aliphatic rings. The first-order valence-electron chi connectivity index (χ1n) is 8.10. The number of halogens is 1. The Labute approximate surface area is 158 Å². The number of para-hydroxylation sites is 1. The number of benzene rings is 2. The first-order valence-corrected chi connectivity index (χ1v) is 8.10. The first-order chi connectivity index (χ1) is 13.5. The number of anilines is 3. The molecule has 1 heterocycles. The Kier molecular flexibility index (Phi) is 5.40. The third-order valence-electron chi connectivity index (χ3n) is 3.82. The molecule has 1 aromatic heterocycles. The van der Waals surface area contributed by atoms with Gasteiger partial charge < -0.3 is 5.32 Å². The van der Waals surface area contributed by atoms with Gasteiger partial charge in [-0.25, -0.2) is 14.4 Å². The Bertz CT molecular complexity index is 1040. The van der Waals surface area contributed by atoms with Crippen molar-refractivity contribution < 1.29 is 14.1 Å². The number of nitrogens with one attached hydrogen (secondary N) is 3. The molecule has 1 amide bonds. The van der Waals surface area contributed by atoms with Crippen LogP contribution in [0.4, 0.5) is 27.4 Å². The fourth-order valence-electron chi connectivity index (χ4n) is 2.40. The summed E-state index contributed by atoms with van der Waals surface area (Å²) in [6.07, 6.45) is 1.10. The number of hydrogen-bond acceptors (Lipinski definition) is 7. The van der Waals surface area contributed by atoms with Crippen molar-refractivity contribution in [3.05, 3.63) is 81.9 Å². The highest BCUT2D eigenvalue weighted by Crippen LogP contribution is 2.31. The number of aryl methyl sites for hydroxylation is 1. The van der Waals surface area contributed by atoms with Crippen molar-refractivity contribution in [3.63, 3.8) is 0 Å². The van der Waals surface area contributed by atoms with Crippen LogP contribution in [0.1, 0.15) is 15.9 Å². The molecule has 0 saturated carbocycles. The number of nitro groups is 1. The van der Waals surface area contributed by atoms with Gasteiger partial charge in [0.1, 0.15) is 12.1 Å². The lowest BCUT2D eigenvalue weighted by atomic mass is 10.2. The molecule has 0 spiro atoms. The van der Waals surface area contributed by atoms with E-state index in [1.54, 1.807) is 12.1 Å². The van der Waals surface area contributed by atoms with Crippen LogP contribution in [0.2, 0.25) is 0 Å². The van der Waals surface area contributed by atoms with Crippen molar-refractivity contribution in [2.24, 2.45) is 0 Å². The van der Waals surface area contributed by atoms with Gasteiger partial charge in [0.2, 0.25) is 11.6 Å². The van der Waals surface area contributed by atoms with E-state index in [9.17, 15) is 19.3 Å². The summed E-state index contributed by atoms with van der Waals surface area (Å²) in [6.45, 7) is 1.84. The summed E-state index contributed by atoms with van der Waals surface area (Å²) < 4.78 is 13.7. The second-order valence-electron chi connectivity index (χ2n) is 5.68. The number of hydrogen-bond donors (Lipinski definition) is 3. The third-order valence-corrected chi connectivity index (χ3v) is 3.82. The van der Waals surface area contributed by atoms with E-state index in [4.69, 9.17) is 0 Å². The van der Waals surface area contributed by atoms with Crippen LogP contribution < -0.4 is 16.2 Å². The minimum atomic E-state index is -0.806. The van der Waals surface area contributed by atoms with Crippen molar-refractivity contribution in [2.45, 2.75) is 6.92 Å².